The predicted molar refractivity (Wildman–Crippen MR) is 124 cm³/mol. The number of hydrogen-bond acceptors (Lipinski definition) is 4. The van der Waals surface area contributed by atoms with E-state index in [0.717, 1.165) is 54.4 Å². The number of likely N-dealkylation sites (tertiary alicyclic amines) is 1. The van der Waals surface area contributed by atoms with Gasteiger partial charge in [0.15, 0.2) is 17.5 Å². The summed E-state index contributed by atoms with van der Waals surface area (Å²) in [5.41, 5.74) is 4.45. The van der Waals surface area contributed by atoms with E-state index in [0.29, 0.717) is 17.9 Å². The molecule has 0 spiro atoms. The van der Waals surface area contributed by atoms with Crippen LogP contribution < -0.4 is 0 Å². The zero-order chi connectivity index (χ0) is 22.6. The minimum atomic E-state index is -0.793. The molecule has 1 aliphatic heterocycles. The van der Waals surface area contributed by atoms with Crippen molar-refractivity contribution >= 4 is 0 Å². The van der Waals surface area contributed by atoms with Crippen LogP contribution in [0.15, 0.2) is 79.3 Å². The second-order valence-corrected chi connectivity index (χ2v) is 8.36. The maximum absolute atomic E-state index is 14.1. The first-order valence-corrected chi connectivity index (χ1v) is 11.2. The lowest BCUT2D eigenvalue weighted by Gasteiger charge is -2.32. The first-order valence-electron chi connectivity index (χ1n) is 11.2. The molecule has 0 N–H and O–H groups in total. The number of aromatic nitrogens is 3. The molecule has 0 radical (unpaired) electrons. The monoisotopic (exact) mass is 442 g/mol. The summed E-state index contributed by atoms with van der Waals surface area (Å²) >= 11 is 0. The summed E-state index contributed by atoms with van der Waals surface area (Å²) < 4.78 is 27.7. The van der Waals surface area contributed by atoms with Crippen LogP contribution in [0.2, 0.25) is 0 Å². The molecule has 1 aliphatic rings. The van der Waals surface area contributed by atoms with Gasteiger partial charge in [-0.25, -0.2) is 18.7 Å². The lowest BCUT2D eigenvalue weighted by Crippen LogP contribution is -2.33. The molecule has 0 unspecified atom stereocenters. The Morgan fingerprint density at radius 3 is 2.39 bits per heavy atom. The molecule has 2 aromatic heterocycles. The van der Waals surface area contributed by atoms with Gasteiger partial charge < -0.3 is 0 Å². The highest BCUT2D eigenvalue weighted by atomic mass is 19.2. The largest absolute Gasteiger partial charge is 0.299 e. The normalized spacial score (nSPS) is 15.0. The van der Waals surface area contributed by atoms with Crippen molar-refractivity contribution in [3.05, 3.63) is 102 Å². The van der Waals surface area contributed by atoms with Gasteiger partial charge in [-0.05, 0) is 49.7 Å². The Morgan fingerprint density at radius 1 is 0.848 bits per heavy atom. The molecule has 166 valence electrons. The van der Waals surface area contributed by atoms with Crippen molar-refractivity contribution < 1.29 is 8.78 Å². The molecule has 2 aromatic carbocycles. The molecule has 1 saturated heterocycles. The highest BCUT2D eigenvalue weighted by molar-refractivity contribution is 5.67. The van der Waals surface area contributed by atoms with Gasteiger partial charge in [0.2, 0.25) is 0 Å². The van der Waals surface area contributed by atoms with Gasteiger partial charge in [0.05, 0.1) is 5.69 Å². The van der Waals surface area contributed by atoms with Crippen LogP contribution in [0.3, 0.4) is 0 Å². The number of pyridine rings is 1. The highest BCUT2D eigenvalue weighted by Gasteiger charge is 2.26. The van der Waals surface area contributed by atoms with E-state index in [4.69, 9.17) is 4.98 Å². The van der Waals surface area contributed by atoms with Crippen molar-refractivity contribution in [1.29, 1.82) is 0 Å². The van der Waals surface area contributed by atoms with Gasteiger partial charge >= 0.3 is 0 Å². The summed E-state index contributed by atoms with van der Waals surface area (Å²) in [6.45, 7) is 1.99. The lowest BCUT2D eigenvalue weighted by molar-refractivity contribution is 0.200. The van der Waals surface area contributed by atoms with E-state index in [-0.39, 0.29) is 5.92 Å². The fraction of sp³-hybridized carbons (Fsp3) is 0.222. The predicted octanol–water partition coefficient (Wildman–Crippen LogP) is 5.86. The zero-order valence-electron chi connectivity index (χ0n) is 18.2. The fourth-order valence-corrected chi connectivity index (χ4v) is 4.46. The minimum absolute atomic E-state index is 0.257. The maximum atomic E-state index is 14.1. The molecule has 0 aliphatic carbocycles. The van der Waals surface area contributed by atoms with Gasteiger partial charge in [0, 0.05) is 47.7 Å². The van der Waals surface area contributed by atoms with Crippen molar-refractivity contribution in [2.24, 2.45) is 0 Å². The molecule has 4 aromatic rings. The van der Waals surface area contributed by atoms with Crippen LogP contribution in [0.5, 0.6) is 0 Å². The first kappa shape index (κ1) is 21.3. The Hall–Kier alpha value is -3.51. The van der Waals surface area contributed by atoms with Crippen molar-refractivity contribution in [1.82, 2.24) is 19.9 Å². The maximum Gasteiger partial charge on any atom is 0.163 e. The smallest absolute Gasteiger partial charge is 0.163 e. The average molecular weight is 443 g/mol. The van der Waals surface area contributed by atoms with Crippen LogP contribution in [0.25, 0.3) is 22.5 Å². The number of rotatable bonds is 5. The third-order valence-corrected chi connectivity index (χ3v) is 6.22. The summed E-state index contributed by atoms with van der Waals surface area (Å²) in [5.74, 6) is -0.615. The number of halogens is 2. The molecule has 3 heterocycles. The topological polar surface area (TPSA) is 41.9 Å². The van der Waals surface area contributed by atoms with Crippen LogP contribution in [0.4, 0.5) is 8.78 Å². The Labute approximate surface area is 192 Å². The Balaban J connectivity index is 1.40. The first-order chi connectivity index (χ1) is 16.2. The van der Waals surface area contributed by atoms with E-state index in [1.54, 1.807) is 24.5 Å². The summed E-state index contributed by atoms with van der Waals surface area (Å²) in [5, 5.41) is 0. The average Bonchev–Trinajstić information content (AvgIpc) is 2.88. The Morgan fingerprint density at radius 2 is 1.64 bits per heavy atom. The second kappa shape index (κ2) is 9.55. The summed E-state index contributed by atoms with van der Waals surface area (Å²) in [7, 11) is 0. The molecule has 6 heteroatoms. The highest BCUT2D eigenvalue weighted by Crippen LogP contribution is 2.35. The Kier molecular flexibility index (Phi) is 6.17. The van der Waals surface area contributed by atoms with E-state index in [9.17, 15) is 8.78 Å². The quantitative estimate of drug-likeness (QED) is 0.388. The number of benzene rings is 2. The molecule has 1 fully saturated rings. The van der Waals surface area contributed by atoms with Gasteiger partial charge in [-0.15, -0.1) is 0 Å². The van der Waals surface area contributed by atoms with Gasteiger partial charge in [0.25, 0.3) is 0 Å². The molecular weight excluding hydrogens is 418 g/mol. The number of nitrogens with zero attached hydrogens (tertiary/aromatic N) is 4. The molecule has 33 heavy (non-hydrogen) atoms. The Bertz CT molecular complexity index is 1220. The van der Waals surface area contributed by atoms with Crippen molar-refractivity contribution in [3.63, 3.8) is 0 Å². The summed E-state index contributed by atoms with van der Waals surface area (Å²) in [4.78, 5) is 16.0. The second-order valence-electron chi connectivity index (χ2n) is 8.36. The zero-order valence-corrected chi connectivity index (χ0v) is 18.2. The SMILES string of the molecule is Fc1cccc(CN2CCC(c3nc(-c4cccnc4)ncc3-c3ccccc3)CC2)c1F. The van der Waals surface area contributed by atoms with E-state index in [1.165, 1.54) is 0 Å². The third kappa shape index (κ3) is 4.66. The standard InChI is InChI=1S/C27H24F2N4/c28-24-10-4-8-22(25(24)29)18-33-14-11-20(12-15-33)26-23(19-6-2-1-3-7-19)17-31-27(32-26)21-9-5-13-30-16-21/h1-10,13,16-17,20H,11-12,14-15,18H2. The van der Waals surface area contributed by atoms with E-state index < -0.39 is 11.6 Å². The molecule has 0 amide bonds. The van der Waals surface area contributed by atoms with Gasteiger partial charge in [0.1, 0.15) is 0 Å². The van der Waals surface area contributed by atoms with Crippen molar-refractivity contribution in [3.8, 4) is 22.5 Å². The van der Waals surface area contributed by atoms with Crippen LogP contribution in [-0.2, 0) is 6.54 Å². The van der Waals surface area contributed by atoms with E-state index >= 15 is 0 Å². The van der Waals surface area contributed by atoms with E-state index in [1.807, 2.05) is 36.5 Å². The van der Waals surface area contributed by atoms with Crippen molar-refractivity contribution in [2.75, 3.05) is 13.1 Å². The van der Waals surface area contributed by atoms with Gasteiger partial charge in [-0.2, -0.15) is 0 Å². The third-order valence-electron chi connectivity index (χ3n) is 6.22. The number of hydrogen-bond donors (Lipinski definition) is 0. The molecule has 0 saturated carbocycles. The fourth-order valence-electron chi connectivity index (χ4n) is 4.46. The van der Waals surface area contributed by atoms with Crippen molar-refractivity contribution in [2.45, 2.75) is 25.3 Å². The molecule has 0 atom stereocenters. The van der Waals surface area contributed by atoms with Crippen LogP contribution >= 0.6 is 0 Å². The summed E-state index contributed by atoms with van der Waals surface area (Å²) in [6.07, 6.45) is 7.20. The molecule has 0 bridgehead atoms. The lowest BCUT2D eigenvalue weighted by atomic mass is 9.88. The molecule has 5 rings (SSSR count). The minimum Gasteiger partial charge on any atom is -0.299 e. The number of piperidine rings is 1. The van der Waals surface area contributed by atoms with Gasteiger partial charge in [-0.3, -0.25) is 9.88 Å². The molecular formula is C27H24F2N4. The van der Waals surface area contributed by atoms with E-state index in [2.05, 4.69) is 27.0 Å². The van der Waals surface area contributed by atoms with Crippen LogP contribution in [0.1, 0.15) is 30.0 Å². The van der Waals surface area contributed by atoms with Crippen LogP contribution in [0, 0.1) is 11.6 Å². The molecule has 4 nitrogen and oxygen atoms in total. The van der Waals surface area contributed by atoms with Crippen LogP contribution in [-0.4, -0.2) is 32.9 Å². The van der Waals surface area contributed by atoms with Gasteiger partial charge in [-0.1, -0.05) is 42.5 Å². The summed E-state index contributed by atoms with van der Waals surface area (Å²) in [6, 6.07) is 18.4.